The second-order valence-electron chi connectivity index (χ2n) is 3.35. The van der Waals surface area contributed by atoms with E-state index >= 15 is 0 Å². The summed E-state index contributed by atoms with van der Waals surface area (Å²) in [6.07, 6.45) is -1.69. The van der Waals surface area contributed by atoms with Crippen LogP contribution in [0.4, 0.5) is 11.4 Å². The second kappa shape index (κ2) is 4.70. The van der Waals surface area contributed by atoms with Crippen molar-refractivity contribution in [3.8, 4) is 0 Å². The van der Waals surface area contributed by atoms with Crippen molar-refractivity contribution < 1.29 is 10.2 Å². The first-order valence-electron chi connectivity index (χ1n) is 4.63. The highest BCUT2D eigenvalue weighted by atomic mass is 35.5. The molecule has 0 aliphatic heterocycles. The summed E-state index contributed by atoms with van der Waals surface area (Å²) in [6.45, 7) is 3.10. The Morgan fingerprint density at radius 2 is 1.80 bits per heavy atom. The normalized spacial score (nSPS) is 14.7. The van der Waals surface area contributed by atoms with E-state index in [0.29, 0.717) is 16.4 Å². The summed E-state index contributed by atoms with van der Waals surface area (Å²) in [6, 6.07) is 5.07. The molecule has 0 amide bonds. The van der Waals surface area contributed by atoms with E-state index < -0.39 is 12.5 Å². The number of anilines is 2. The predicted molar refractivity (Wildman–Crippen MR) is 61.7 cm³/mol. The molecule has 5 heteroatoms. The average molecular weight is 231 g/mol. The maximum atomic E-state index is 9.52. The van der Waals surface area contributed by atoms with Crippen LogP contribution in [0.3, 0.4) is 0 Å². The van der Waals surface area contributed by atoms with Gasteiger partial charge in [0, 0.05) is 0 Å². The summed E-state index contributed by atoms with van der Waals surface area (Å²) in [5.41, 5.74) is 6.57. The molecular weight excluding hydrogens is 216 g/mol. The van der Waals surface area contributed by atoms with E-state index in [-0.39, 0.29) is 0 Å². The Balaban J connectivity index is 3.17. The fourth-order valence-corrected chi connectivity index (χ4v) is 1.67. The van der Waals surface area contributed by atoms with Crippen LogP contribution in [-0.2, 0) is 0 Å². The smallest absolute Gasteiger partial charge is 0.126 e. The Morgan fingerprint density at radius 1 is 1.27 bits per heavy atom. The molecule has 0 aliphatic carbocycles. The number of nitrogen functional groups attached to an aromatic ring is 1. The van der Waals surface area contributed by atoms with Crippen molar-refractivity contribution in [3.05, 3.63) is 23.2 Å². The Hall–Kier alpha value is -0.970. The molecule has 15 heavy (non-hydrogen) atoms. The fraction of sp³-hybridized carbons (Fsp3) is 0.400. The second-order valence-corrected chi connectivity index (χ2v) is 3.73. The topological polar surface area (TPSA) is 69.7 Å². The molecule has 0 saturated carbocycles. The summed E-state index contributed by atoms with van der Waals surface area (Å²) < 4.78 is 0. The molecule has 0 spiro atoms. The number of hydrogen-bond acceptors (Lipinski definition) is 4. The third kappa shape index (κ3) is 2.53. The highest BCUT2D eigenvalue weighted by molar-refractivity contribution is 6.35. The van der Waals surface area contributed by atoms with Crippen molar-refractivity contribution in [1.82, 2.24) is 0 Å². The average Bonchev–Trinajstić information content (AvgIpc) is 2.11. The van der Waals surface area contributed by atoms with Crippen LogP contribution in [0.1, 0.15) is 13.8 Å². The van der Waals surface area contributed by atoms with E-state index in [1.165, 1.54) is 4.90 Å². The summed E-state index contributed by atoms with van der Waals surface area (Å²) in [4.78, 5) is 1.37. The van der Waals surface area contributed by atoms with Crippen LogP contribution in [-0.4, -0.2) is 22.7 Å². The summed E-state index contributed by atoms with van der Waals surface area (Å²) in [5, 5.41) is 19.4. The van der Waals surface area contributed by atoms with Crippen molar-refractivity contribution in [3.63, 3.8) is 0 Å². The van der Waals surface area contributed by atoms with Gasteiger partial charge in [0.1, 0.15) is 12.5 Å². The van der Waals surface area contributed by atoms with Crippen LogP contribution >= 0.6 is 11.6 Å². The van der Waals surface area contributed by atoms with Gasteiger partial charge in [-0.3, -0.25) is 0 Å². The first kappa shape index (κ1) is 12.1. The van der Waals surface area contributed by atoms with Crippen molar-refractivity contribution in [2.75, 3.05) is 10.6 Å². The monoisotopic (exact) mass is 230 g/mol. The lowest BCUT2D eigenvalue weighted by molar-refractivity contribution is 0.105. The first-order valence-corrected chi connectivity index (χ1v) is 5.01. The highest BCUT2D eigenvalue weighted by Gasteiger charge is 2.20. The van der Waals surface area contributed by atoms with E-state index in [1.807, 2.05) is 0 Å². The molecule has 84 valence electrons. The summed E-state index contributed by atoms with van der Waals surface area (Å²) >= 11 is 5.99. The quantitative estimate of drug-likeness (QED) is 0.543. The van der Waals surface area contributed by atoms with E-state index in [0.717, 1.165) is 0 Å². The van der Waals surface area contributed by atoms with Crippen molar-refractivity contribution in [2.24, 2.45) is 0 Å². The molecule has 0 saturated heterocycles. The van der Waals surface area contributed by atoms with Gasteiger partial charge in [-0.2, -0.15) is 0 Å². The minimum absolute atomic E-state index is 0.333. The molecular formula is C10H15ClN2O2. The van der Waals surface area contributed by atoms with Gasteiger partial charge in [0.05, 0.1) is 16.4 Å². The number of nitrogens with two attached hydrogens (primary N) is 1. The van der Waals surface area contributed by atoms with Gasteiger partial charge in [-0.15, -0.1) is 0 Å². The zero-order chi connectivity index (χ0) is 11.6. The number of aliphatic hydroxyl groups excluding tert-OH is 2. The third-order valence-corrected chi connectivity index (χ3v) is 2.50. The molecule has 0 radical (unpaired) electrons. The Bertz CT molecular complexity index is 334. The van der Waals surface area contributed by atoms with Crippen molar-refractivity contribution >= 4 is 23.0 Å². The molecule has 0 fully saturated rings. The van der Waals surface area contributed by atoms with Crippen molar-refractivity contribution in [2.45, 2.75) is 26.3 Å². The van der Waals surface area contributed by atoms with Crippen molar-refractivity contribution in [1.29, 1.82) is 0 Å². The van der Waals surface area contributed by atoms with E-state index in [2.05, 4.69) is 0 Å². The van der Waals surface area contributed by atoms with E-state index in [4.69, 9.17) is 17.3 Å². The highest BCUT2D eigenvalue weighted by Crippen LogP contribution is 2.32. The van der Waals surface area contributed by atoms with Gasteiger partial charge < -0.3 is 20.8 Å². The lowest BCUT2D eigenvalue weighted by Gasteiger charge is -2.31. The van der Waals surface area contributed by atoms with Gasteiger partial charge in [-0.1, -0.05) is 17.7 Å². The molecule has 1 aromatic rings. The SMILES string of the molecule is CC(O)N(c1cccc(N)c1Cl)C(C)O. The Labute approximate surface area is 93.9 Å². The molecule has 1 aromatic carbocycles. The molecule has 0 aromatic heterocycles. The maximum absolute atomic E-state index is 9.52. The molecule has 0 heterocycles. The van der Waals surface area contributed by atoms with E-state index in [1.54, 1.807) is 32.0 Å². The molecule has 0 bridgehead atoms. The van der Waals surface area contributed by atoms with E-state index in [9.17, 15) is 10.2 Å². The van der Waals surface area contributed by atoms with Gasteiger partial charge in [0.25, 0.3) is 0 Å². The summed E-state index contributed by atoms with van der Waals surface area (Å²) in [5.74, 6) is 0. The predicted octanol–water partition coefficient (Wildman–Crippen LogP) is 1.41. The van der Waals surface area contributed by atoms with Crippen LogP contribution in [0.25, 0.3) is 0 Å². The van der Waals surface area contributed by atoms with Crippen LogP contribution in [0.15, 0.2) is 18.2 Å². The summed E-state index contributed by atoms with van der Waals surface area (Å²) in [7, 11) is 0. The van der Waals surface area contributed by atoms with Gasteiger partial charge in [-0.25, -0.2) is 0 Å². The largest absolute Gasteiger partial charge is 0.397 e. The van der Waals surface area contributed by atoms with Gasteiger partial charge in [-0.05, 0) is 26.0 Å². The molecule has 2 atom stereocenters. The number of nitrogens with zero attached hydrogens (tertiary/aromatic N) is 1. The van der Waals surface area contributed by atoms with Crippen LogP contribution < -0.4 is 10.6 Å². The standard InChI is InChI=1S/C10H15ClN2O2/c1-6(14)13(7(2)15)9-5-3-4-8(12)10(9)11/h3-7,14-15H,12H2,1-2H3. The fourth-order valence-electron chi connectivity index (χ4n) is 1.45. The lowest BCUT2D eigenvalue weighted by atomic mass is 10.2. The molecule has 1 rings (SSSR count). The molecule has 0 aliphatic rings. The maximum Gasteiger partial charge on any atom is 0.126 e. The number of rotatable bonds is 3. The number of benzene rings is 1. The Morgan fingerprint density at radius 3 is 2.27 bits per heavy atom. The van der Waals surface area contributed by atoms with Gasteiger partial charge >= 0.3 is 0 Å². The molecule has 2 unspecified atom stereocenters. The van der Waals surface area contributed by atoms with Gasteiger partial charge in [0.15, 0.2) is 0 Å². The number of hydrogen-bond donors (Lipinski definition) is 3. The van der Waals surface area contributed by atoms with Crippen LogP contribution in [0.5, 0.6) is 0 Å². The minimum atomic E-state index is -0.843. The van der Waals surface area contributed by atoms with Gasteiger partial charge in [0.2, 0.25) is 0 Å². The first-order chi connectivity index (χ1) is 6.95. The lowest BCUT2D eigenvalue weighted by Crippen LogP contribution is -2.40. The third-order valence-electron chi connectivity index (χ3n) is 2.09. The molecule has 4 nitrogen and oxygen atoms in total. The molecule has 4 N–H and O–H groups in total. The Kier molecular flexibility index (Phi) is 3.79. The van der Waals surface area contributed by atoms with Crippen LogP contribution in [0, 0.1) is 0 Å². The number of aliphatic hydroxyl groups is 2. The number of halogens is 1. The minimum Gasteiger partial charge on any atom is -0.397 e. The van der Waals surface area contributed by atoms with Crippen LogP contribution in [0.2, 0.25) is 5.02 Å². The zero-order valence-electron chi connectivity index (χ0n) is 8.68. The zero-order valence-corrected chi connectivity index (χ0v) is 9.44.